The summed E-state index contributed by atoms with van der Waals surface area (Å²) in [4.78, 5) is 13.4. The molecule has 0 unspecified atom stereocenters. The average molecular weight is 160 g/mol. The van der Waals surface area contributed by atoms with E-state index < -0.39 is 11.7 Å². The van der Waals surface area contributed by atoms with Crippen molar-refractivity contribution in [1.82, 2.24) is 0 Å². The number of hydrogen-bond acceptors (Lipinski definition) is 4. The van der Waals surface area contributed by atoms with Gasteiger partial charge >= 0.3 is 5.97 Å². The number of nitrogens with two attached hydrogens (primary N) is 2. The highest BCUT2D eigenvalue weighted by molar-refractivity contribution is 6.36. The third-order valence-corrected chi connectivity index (χ3v) is 0.779. The van der Waals surface area contributed by atoms with Crippen molar-refractivity contribution in [3.63, 3.8) is 0 Å². The summed E-state index contributed by atoms with van der Waals surface area (Å²) in [6.07, 6.45) is 0. The van der Waals surface area contributed by atoms with Crippen LogP contribution in [0.2, 0.25) is 0 Å². The zero-order valence-corrected chi connectivity index (χ0v) is 5.56. The molecule has 0 rings (SSSR count). The Kier molecular flexibility index (Phi) is 3.43. The van der Waals surface area contributed by atoms with Crippen LogP contribution in [-0.4, -0.2) is 34.5 Å². The predicted octanol–water partition coefficient (Wildman–Crippen LogP) is -1.83. The molecule has 0 aromatic rings. The summed E-state index contributed by atoms with van der Waals surface area (Å²) in [5.41, 5.74) is 9.27. The monoisotopic (exact) mass is 160 g/mol. The molecule has 62 valence electrons. The summed E-state index contributed by atoms with van der Waals surface area (Å²) in [5, 5.41) is 18.8. The van der Waals surface area contributed by atoms with E-state index in [2.05, 4.69) is 10.1 Å². The second-order valence-corrected chi connectivity index (χ2v) is 1.59. The van der Waals surface area contributed by atoms with Crippen molar-refractivity contribution in [2.75, 3.05) is 6.54 Å². The van der Waals surface area contributed by atoms with Gasteiger partial charge < -0.3 is 21.8 Å². The van der Waals surface area contributed by atoms with Crippen LogP contribution in [0, 0.1) is 0 Å². The molecule has 7 nitrogen and oxygen atoms in total. The van der Waals surface area contributed by atoms with Crippen molar-refractivity contribution in [3.8, 4) is 0 Å². The normalized spacial score (nSPS) is 10.7. The lowest BCUT2D eigenvalue weighted by Crippen LogP contribution is -2.25. The van der Waals surface area contributed by atoms with Gasteiger partial charge in [0.1, 0.15) is 0 Å². The molecule has 0 aliphatic carbocycles. The zero-order chi connectivity index (χ0) is 8.85. The van der Waals surface area contributed by atoms with E-state index in [0.29, 0.717) is 0 Å². The molecule has 0 aliphatic rings. The Hall–Kier alpha value is -1.79. The van der Waals surface area contributed by atoms with Crippen LogP contribution in [-0.2, 0) is 4.79 Å². The lowest BCUT2D eigenvalue weighted by Gasteiger charge is -1.92. The highest BCUT2D eigenvalue weighted by atomic mass is 16.4. The van der Waals surface area contributed by atoms with E-state index in [0.717, 1.165) is 0 Å². The molecule has 0 amide bonds. The van der Waals surface area contributed by atoms with E-state index in [1.807, 2.05) is 0 Å². The molecule has 0 fully saturated rings. The van der Waals surface area contributed by atoms with Crippen molar-refractivity contribution in [3.05, 3.63) is 0 Å². The third-order valence-electron chi connectivity index (χ3n) is 0.779. The van der Waals surface area contributed by atoms with Crippen LogP contribution in [0.15, 0.2) is 10.1 Å². The third kappa shape index (κ3) is 3.73. The molecule has 0 heterocycles. The van der Waals surface area contributed by atoms with Gasteiger partial charge in [-0.25, -0.2) is 9.79 Å². The number of carboxylic acids is 1. The van der Waals surface area contributed by atoms with Crippen LogP contribution in [0.25, 0.3) is 0 Å². The van der Waals surface area contributed by atoms with Gasteiger partial charge in [0.15, 0.2) is 11.7 Å². The number of aliphatic imine (C=N–C) groups is 1. The Balaban J connectivity index is 4.13. The lowest BCUT2D eigenvalue weighted by molar-refractivity contribution is -0.129. The number of guanidine groups is 1. The molecule has 0 aliphatic heterocycles. The van der Waals surface area contributed by atoms with E-state index in [1.54, 1.807) is 0 Å². The van der Waals surface area contributed by atoms with Crippen LogP contribution in [0.1, 0.15) is 0 Å². The summed E-state index contributed by atoms with van der Waals surface area (Å²) in [6, 6.07) is 0. The van der Waals surface area contributed by atoms with Gasteiger partial charge in [-0.2, -0.15) is 0 Å². The summed E-state index contributed by atoms with van der Waals surface area (Å²) in [6.45, 7) is -0.339. The first kappa shape index (κ1) is 9.21. The summed E-state index contributed by atoms with van der Waals surface area (Å²) >= 11 is 0. The SMILES string of the molecule is NC(N)=NC/C(=N/O)C(=O)O. The number of carbonyl (C=O) groups is 1. The number of aliphatic carboxylic acids is 1. The Morgan fingerprint density at radius 1 is 1.45 bits per heavy atom. The van der Waals surface area contributed by atoms with Crippen LogP contribution in [0.4, 0.5) is 0 Å². The van der Waals surface area contributed by atoms with Gasteiger partial charge in [0, 0.05) is 0 Å². The first-order valence-electron chi connectivity index (χ1n) is 2.57. The van der Waals surface area contributed by atoms with Gasteiger partial charge in [0.05, 0.1) is 6.54 Å². The number of rotatable bonds is 3. The van der Waals surface area contributed by atoms with Gasteiger partial charge in [0.2, 0.25) is 0 Å². The maximum absolute atomic E-state index is 10.1. The zero-order valence-electron chi connectivity index (χ0n) is 5.56. The Bertz CT molecular complexity index is 205. The van der Waals surface area contributed by atoms with Crippen molar-refractivity contribution in [2.45, 2.75) is 0 Å². The second-order valence-electron chi connectivity index (χ2n) is 1.59. The molecule has 6 N–H and O–H groups in total. The summed E-state index contributed by atoms with van der Waals surface area (Å²) in [5.74, 6) is -1.62. The minimum atomic E-state index is -1.36. The topological polar surface area (TPSA) is 134 Å². The van der Waals surface area contributed by atoms with Gasteiger partial charge in [0.25, 0.3) is 0 Å². The fraction of sp³-hybridized carbons (Fsp3) is 0.250. The number of hydrogen-bond donors (Lipinski definition) is 4. The largest absolute Gasteiger partial charge is 0.477 e. The van der Waals surface area contributed by atoms with Crippen molar-refractivity contribution < 1.29 is 15.1 Å². The standard InChI is InChI=1S/C4H8N4O3/c5-4(6)7-1-2(8-11)3(9)10/h11H,1H2,(H,9,10)(H4,5,6,7)/b8-2-. The smallest absolute Gasteiger partial charge is 0.355 e. The van der Waals surface area contributed by atoms with E-state index >= 15 is 0 Å². The van der Waals surface area contributed by atoms with Gasteiger partial charge in [-0.05, 0) is 0 Å². The maximum atomic E-state index is 10.1. The molecule has 0 radical (unpaired) electrons. The number of nitrogens with zero attached hydrogens (tertiary/aromatic N) is 2. The highest BCUT2D eigenvalue weighted by Crippen LogP contribution is 1.79. The molecular formula is C4H8N4O3. The van der Waals surface area contributed by atoms with E-state index in [-0.39, 0.29) is 12.5 Å². The average Bonchev–Trinajstić information content (AvgIpc) is 1.87. The maximum Gasteiger partial charge on any atom is 0.355 e. The molecular weight excluding hydrogens is 152 g/mol. The molecule has 7 heteroatoms. The highest BCUT2D eigenvalue weighted by Gasteiger charge is 2.08. The lowest BCUT2D eigenvalue weighted by atomic mass is 10.4. The van der Waals surface area contributed by atoms with Crippen LogP contribution in [0.5, 0.6) is 0 Å². The Morgan fingerprint density at radius 3 is 2.27 bits per heavy atom. The van der Waals surface area contributed by atoms with Gasteiger partial charge in [-0.3, -0.25) is 0 Å². The van der Waals surface area contributed by atoms with E-state index in [4.69, 9.17) is 21.8 Å². The number of carboxylic acid groups (broad SMARTS) is 1. The summed E-state index contributed by atoms with van der Waals surface area (Å²) < 4.78 is 0. The van der Waals surface area contributed by atoms with Crippen molar-refractivity contribution >= 4 is 17.6 Å². The minimum Gasteiger partial charge on any atom is -0.477 e. The van der Waals surface area contributed by atoms with Gasteiger partial charge in [-0.15, -0.1) is 0 Å². The fourth-order valence-electron chi connectivity index (χ4n) is 0.308. The van der Waals surface area contributed by atoms with E-state index in [9.17, 15) is 4.79 Å². The first-order valence-corrected chi connectivity index (χ1v) is 2.57. The number of oxime groups is 1. The molecule has 0 bridgehead atoms. The quantitative estimate of drug-likeness (QED) is 0.167. The molecule has 0 spiro atoms. The van der Waals surface area contributed by atoms with Crippen LogP contribution < -0.4 is 11.5 Å². The van der Waals surface area contributed by atoms with Crippen molar-refractivity contribution in [1.29, 1.82) is 0 Å². The molecule has 0 saturated heterocycles. The van der Waals surface area contributed by atoms with Crippen LogP contribution in [0.3, 0.4) is 0 Å². The molecule has 11 heavy (non-hydrogen) atoms. The second kappa shape index (κ2) is 4.09. The molecule has 0 atom stereocenters. The molecule has 0 aromatic heterocycles. The predicted molar refractivity (Wildman–Crippen MR) is 37.5 cm³/mol. The van der Waals surface area contributed by atoms with E-state index in [1.165, 1.54) is 0 Å². The Labute approximate surface area is 62.0 Å². The minimum absolute atomic E-state index is 0.257. The first-order chi connectivity index (χ1) is 5.07. The fourth-order valence-corrected chi connectivity index (χ4v) is 0.308. The summed E-state index contributed by atoms with van der Waals surface area (Å²) in [7, 11) is 0. The van der Waals surface area contributed by atoms with Gasteiger partial charge in [-0.1, -0.05) is 5.16 Å². The molecule has 0 saturated carbocycles. The van der Waals surface area contributed by atoms with Crippen LogP contribution >= 0.6 is 0 Å². The Morgan fingerprint density at radius 2 is 2.00 bits per heavy atom. The van der Waals surface area contributed by atoms with Crippen molar-refractivity contribution in [2.24, 2.45) is 21.6 Å². The molecule has 0 aromatic carbocycles.